The number of ether oxygens (including phenoxy) is 2. The smallest absolute Gasteiger partial charge is 0.116 e. The summed E-state index contributed by atoms with van der Waals surface area (Å²) in [5, 5.41) is 0. The first kappa shape index (κ1) is 12.0. The number of unbranched alkanes of at least 4 members (excludes halogenated alkanes) is 2. The molecule has 0 aliphatic carbocycles. The highest BCUT2D eigenvalue weighted by Gasteiger charge is 2.07. The van der Waals surface area contributed by atoms with Crippen LogP contribution in [-0.2, 0) is 9.47 Å². The maximum absolute atomic E-state index is 5.46. The maximum atomic E-state index is 5.46. The summed E-state index contributed by atoms with van der Waals surface area (Å²) in [5.41, 5.74) is 0. The molecule has 0 fully saturated rings. The molecule has 92 valence electrons. The second-order valence-corrected chi connectivity index (χ2v) is 4.41. The quantitative estimate of drug-likeness (QED) is 0.647. The summed E-state index contributed by atoms with van der Waals surface area (Å²) in [5.74, 6) is 0. The highest BCUT2D eigenvalue weighted by atomic mass is 16.5. The third-order valence-corrected chi connectivity index (χ3v) is 3.01. The third-order valence-electron chi connectivity index (χ3n) is 3.01. The van der Waals surface area contributed by atoms with Gasteiger partial charge >= 0.3 is 0 Å². The minimum absolute atomic E-state index is 0.286. The third kappa shape index (κ3) is 4.51. The molecular weight excluding hydrogens is 212 g/mol. The number of rotatable bonds is 6. The average molecular weight is 232 g/mol. The molecular formula is C15H20O2. The van der Waals surface area contributed by atoms with E-state index in [1.165, 1.54) is 19.3 Å². The molecule has 2 nitrogen and oxygen atoms in total. The molecule has 2 rings (SSSR count). The fourth-order valence-electron chi connectivity index (χ4n) is 2.05. The molecule has 0 saturated heterocycles. The Morgan fingerprint density at radius 1 is 0.647 bits per heavy atom. The van der Waals surface area contributed by atoms with E-state index in [1.54, 1.807) is 12.5 Å². The van der Waals surface area contributed by atoms with Crippen molar-refractivity contribution in [2.24, 2.45) is 0 Å². The number of allylic oxidation sites excluding steroid dienone is 4. The van der Waals surface area contributed by atoms with E-state index in [2.05, 4.69) is 24.3 Å². The minimum atomic E-state index is 0.286. The Labute approximate surface area is 103 Å². The van der Waals surface area contributed by atoms with Gasteiger partial charge in [0.1, 0.15) is 12.2 Å². The summed E-state index contributed by atoms with van der Waals surface area (Å²) < 4.78 is 10.9. The topological polar surface area (TPSA) is 18.5 Å². The number of hydrogen-bond acceptors (Lipinski definition) is 2. The van der Waals surface area contributed by atoms with Gasteiger partial charge in [0, 0.05) is 0 Å². The van der Waals surface area contributed by atoms with E-state index in [9.17, 15) is 0 Å². The van der Waals surface area contributed by atoms with Crippen LogP contribution in [0.4, 0.5) is 0 Å². The molecule has 2 unspecified atom stereocenters. The first-order valence-corrected chi connectivity index (χ1v) is 6.43. The molecule has 0 bridgehead atoms. The molecule has 0 aromatic carbocycles. The summed E-state index contributed by atoms with van der Waals surface area (Å²) in [7, 11) is 0. The lowest BCUT2D eigenvalue weighted by Gasteiger charge is -2.16. The standard InChI is InChI=1S/C15H20O2/c1(2-8-14-10-4-6-12-16-14)3-9-15-11-5-7-13-17-15/h4-7,10-15H,1-3,8-9H2. The van der Waals surface area contributed by atoms with Crippen molar-refractivity contribution in [2.45, 2.75) is 44.3 Å². The predicted molar refractivity (Wildman–Crippen MR) is 69.4 cm³/mol. The summed E-state index contributed by atoms with van der Waals surface area (Å²) in [6.45, 7) is 0. The molecule has 2 atom stereocenters. The molecule has 2 aliphatic rings. The van der Waals surface area contributed by atoms with Gasteiger partial charge in [0.25, 0.3) is 0 Å². The fourth-order valence-corrected chi connectivity index (χ4v) is 2.05. The van der Waals surface area contributed by atoms with Crippen LogP contribution < -0.4 is 0 Å². The second-order valence-electron chi connectivity index (χ2n) is 4.41. The summed E-state index contributed by atoms with van der Waals surface area (Å²) in [6.07, 6.45) is 22.2. The molecule has 0 N–H and O–H groups in total. The lowest BCUT2D eigenvalue weighted by molar-refractivity contribution is 0.163. The van der Waals surface area contributed by atoms with Gasteiger partial charge in [-0.15, -0.1) is 0 Å². The van der Waals surface area contributed by atoms with Crippen LogP contribution in [0.5, 0.6) is 0 Å². The van der Waals surface area contributed by atoms with Gasteiger partial charge in [-0.3, -0.25) is 0 Å². The van der Waals surface area contributed by atoms with Crippen LogP contribution in [-0.4, -0.2) is 12.2 Å². The van der Waals surface area contributed by atoms with E-state index in [1.807, 2.05) is 12.2 Å². The van der Waals surface area contributed by atoms with Crippen molar-refractivity contribution < 1.29 is 9.47 Å². The Kier molecular flexibility index (Phi) is 4.95. The van der Waals surface area contributed by atoms with E-state index in [4.69, 9.17) is 9.47 Å². The van der Waals surface area contributed by atoms with Crippen LogP contribution in [0.15, 0.2) is 49.0 Å². The predicted octanol–water partition coefficient (Wildman–Crippen LogP) is 3.87. The normalized spacial score (nSPS) is 25.6. The molecule has 2 heteroatoms. The Bertz CT molecular complexity index is 294. The fraction of sp³-hybridized carbons (Fsp3) is 0.467. The molecule has 2 heterocycles. The van der Waals surface area contributed by atoms with E-state index >= 15 is 0 Å². The highest BCUT2D eigenvalue weighted by molar-refractivity contribution is 5.08. The van der Waals surface area contributed by atoms with Crippen LogP contribution >= 0.6 is 0 Å². The molecule has 0 aromatic heterocycles. The van der Waals surface area contributed by atoms with Crippen molar-refractivity contribution in [2.75, 3.05) is 0 Å². The zero-order valence-electron chi connectivity index (χ0n) is 10.1. The van der Waals surface area contributed by atoms with Crippen LogP contribution in [0, 0.1) is 0 Å². The van der Waals surface area contributed by atoms with Crippen molar-refractivity contribution in [3.05, 3.63) is 49.0 Å². The maximum Gasteiger partial charge on any atom is 0.116 e. The molecule has 2 aliphatic heterocycles. The summed E-state index contributed by atoms with van der Waals surface area (Å²) in [6, 6.07) is 0. The molecule has 0 spiro atoms. The van der Waals surface area contributed by atoms with E-state index in [-0.39, 0.29) is 12.2 Å². The van der Waals surface area contributed by atoms with Gasteiger partial charge in [0.15, 0.2) is 0 Å². The highest BCUT2D eigenvalue weighted by Crippen LogP contribution is 2.15. The van der Waals surface area contributed by atoms with E-state index in [0.29, 0.717) is 0 Å². The second kappa shape index (κ2) is 7.00. The van der Waals surface area contributed by atoms with Crippen LogP contribution in [0.3, 0.4) is 0 Å². The van der Waals surface area contributed by atoms with Crippen LogP contribution in [0.2, 0.25) is 0 Å². The Balaban J connectivity index is 1.49. The van der Waals surface area contributed by atoms with Gasteiger partial charge in [-0.1, -0.05) is 18.6 Å². The van der Waals surface area contributed by atoms with E-state index in [0.717, 1.165) is 12.8 Å². The minimum Gasteiger partial charge on any atom is -0.494 e. The Morgan fingerprint density at radius 2 is 1.18 bits per heavy atom. The average Bonchev–Trinajstić information content (AvgIpc) is 2.41. The van der Waals surface area contributed by atoms with Gasteiger partial charge in [0.2, 0.25) is 0 Å². The van der Waals surface area contributed by atoms with Gasteiger partial charge in [-0.25, -0.2) is 0 Å². The van der Waals surface area contributed by atoms with Crippen molar-refractivity contribution in [3.63, 3.8) is 0 Å². The SMILES string of the molecule is C1=COC(CCCCCC2C=CC=CO2)C=C1. The van der Waals surface area contributed by atoms with Gasteiger partial charge in [-0.2, -0.15) is 0 Å². The lowest BCUT2D eigenvalue weighted by Crippen LogP contribution is -2.09. The molecule has 0 saturated carbocycles. The molecule has 0 aromatic rings. The zero-order valence-corrected chi connectivity index (χ0v) is 10.1. The summed E-state index contributed by atoms with van der Waals surface area (Å²) in [4.78, 5) is 0. The van der Waals surface area contributed by atoms with Crippen molar-refractivity contribution in [1.29, 1.82) is 0 Å². The first-order chi connectivity index (χ1) is 8.45. The first-order valence-electron chi connectivity index (χ1n) is 6.43. The molecule has 0 radical (unpaired) electrons. The molecule has 0 amide bonds. The van der Waals surface area contributed by atoms with Gasteiger partial charge in [0.05, 0.1) is 12.5 Å². The van der Waals surface area contributed by atoms with Gasteiger partial charge in [-0.05, 0) is 50.0 Å². The van der Waals surface area contributed by atoms with Crippen molar-refractivity contribution in [3.8, 4) is 0 Å². The largest absolute Gasteiger partial charge is 0.494 e. The van der Waals surface area contributed by atoms with E-state index < -0.39 is 0 Å². The Morgan fingerprint density at radius 3 is 1.59 bits per heavy atom. The van der Waals surface area contributed by atoms with Gasteiger partial charge < -0.3 is 9.47 Å². The monoisotopic (exact) mass is 232 g/mol. The molecule has 17 heavy (non-hydrogen) atoms. The van der Waals surface area contributed by atoms with Crippen LogP contribution in [0.25, 0.3) is 0 Å². The Hall–Kier alpha value is -1.44. The van der Waals surface area contributed by atoms with Crippen molar-refractivity contribution in [1.82, 2.24) is 0 Å². The summed E-state index contributed by atoms with van der Waals surface area (Å²) >= 11 is 0. The van der Waals surface area contributed by atoms with Crippen LogP contribution in [0.1, 0.15) is 32.1 Å². The zero-order chi connectivity index (χ0) is 11.8. The lowest BCUT2D eigenvalue weighted by atomic mass is 10.1. The van der Waals surface area contributed by atoms with Crippen molar-refractivity contribution >= 4 is 0 Å². The number of hydrogen-bond donors (Lipinski definition) is 0.